The largest absolute Gasteiger partial charge is 0.542 e. The SMILES string of the molecule is O=C(OC1CCC(COC(F)(F)C(=O)[O-])CC1)c1cc(I)cc(I)c1O. The fraction of sp³-hybridized carbons (Fsp3) is 0.500. The van der Waals surface area contributed by atoms with Crippen LogP contribution in [0.2, 0.25) is 0 Å². The Bertz CT molecular complexity index is 690. The molecule has 26 heavy (non-hydrogen) atoms. The number of esters is 1. The highest BCUT2D eigenvalue weighted by molar-refractivity contribution is 14.1. The Balaban J connectivity index is 1.85. The molecule has 1 fully saturated rings. The second-order valence-corrected chi connectivity index (χ2v) is 8.35. The second-order valence-electron chi connectivity index (χ2n) is 5.95. The van der Waals surface area contributed by atoms with Crippen molar-refractivity contribution in [1.82, 2.24) is 0 Å². The smallest absolute Gasteiger partial charge is 0.397 e. The van der Waals surface area contributed by atoms with Gasteiger partial charge in [0.15, 0.2) is 0 Å². The van der Waals surface area contributed by atoms with Crippen molar-refractivity contribution in [3.05, 3.63) is 24.8 Å². The highest BCUT2D eigenvalue weighted by atomic mass is 127. The van der Waals surface area contributed by atoms with Gasteiger partial charge in [0.2, 0.25) is 0 Å². The van der Waals surface area contributed by atoms with Gasteiger partial charge < -0.3 is 24.5 Å². The first-order chi connectivity index (χ1) is 12.1. The van der Waals surface area contributed by atoms with Gasteiger partial charge >= 0.3 is 12.1 Å². The molecule has 0 radical (unpaired) electrons. The Kier molecular flexibility index (Phi) is 7.42. The van der Waals surface area contributed by atoms with Crippen molar-refractivity contribution >= 4 is 57.1 Å². The summed E-state index contributed by atoms with van der Waals surface area (Å²) in [5, 5.41) is 20.2. The highest BCUT2D eigenvalue weighted by Crippen LogP contribution is 2.31. The van der Waals surface area contributed by atoms with Crippen LogP contribution in [0.1, 0.15) is 36.0 Å². The molecular formula is C16H15F2I2O6-. The van der Waals surface area contributed by atoms with Crippen molar-refractivity contribution < 1.29 is 38.1 Å². The standard InChI is InChI=1S/C16H16F2I2O6/c17-16(18,15(23)24)25-7-8-1-3-10(4-2-8)26-14(22)11-5-9(19)6-12(20)13(11)21/h5-6,8,10,21H,1-4,7H2,(H,23,24)/p-1. The molecule has 0 atom stereocenters. The molecule has 2 rings (SSSR count). The van der Waals surface area contributed by atoms with E-state index in [-0.39, 0.29) is 17.2 Å². The fourth-order valence-corrected chi connectivity index (χ4v) is 4.48. The minimum absolute atomic E-state index is 0.0837. The first-order valence-electron chi connectivity index (χ1n) is 7.72. The van der Waals surface area contributed by atoms with Gasteiger partial charge in [-0.25, -0.2) is 4.79 Å². The minimum Gasteiger partial charge on any atom is -0.542 e. The molecule has 1 N–H and O–H groups in total. The quantitative estimate of drug-likeness (QED) is 0.402. The molecule has 1 aromatic rings. The summed E-state index contributed by atoms with van der Waals surface area (Å²) in [7, 11) is 0. The number of aliphatic carboxylic acids is 1. The zero-order valence-corrected chi connectivity index (χ0v) is 17.7. The summed E-state index contributed by atoms with van der Waals surface area (Å²) in [6, 6.07) is 3.25. The van der Waals surface area contributed by atoms with E-state index in [0.717, 1.165) is 3.57 Å². The van der Waals surface area contributed by atoms with Crippen molar-refractivity contribution in [2.24, 2.45) is 5.92 Å². The molecule has 10 heteroatoms. The molecular weight excluding hydrogens is 580 g/mol. The van der Waals surface area contributed by atoms with E-state index in [9.17, 15) is 28.6 Å². The molecule has 0 saturated heterocycles. The summed E-state index contributed by atoms with van der Waals surface area (Å²) in [5.74, 6) is -3.58. The van der Waals surface area contributed by atoms with E-state index in [2.05, 4.69) is 4.74 Å². The van der Waals surface area contributed by atoms with Crippen molar-refractivity contribution in [3.8, 4) is 5.75 Å². The number of ether oxygens (including phenoxy) is 2. The summed E-state index contributed by atoms with van der Waals surface area (Å²) in [5.41, 5.74) is 0.0837. The van der Waals surface area contributed by atoms with Gasteiger partial charge in [0, 0.05) is 3.57 Å². The van der Waals surface area contributed by atoms with Crippen LogP contribution in [-0.2, 0) is 14.3 Å². The van der Waals surface area contributed by atoms with Gasteiger partial charge in [-0.05, 0) is 88.9 Å². The number of hydrogen-bond donors (Lipinski definition) is 1. The Morgan fingerprint density at radius 3 is 2.42 bits per heavy atom. The number of halogens is 4. The number of carbonyl (C=O) groups is 2. The van der Waals surface area contributed by atoms with E-state index in [1.165, 1.54) is 6.07 Å². The first-order valence-corrected chi connectivity index (χ1v) is 9.88. The van der Waals surface area contributed by atoms with E-state index >= 15 is 0 Å². The van der Waals surface area contributed by atoms with E-state index in [1.54, 1.807) is 6.07 Å². The van der Waals surface area contributed by atoms with Crippen molar-refractivity contribution in [3.63, 3.8) is 0 Å². The Labute approximate surface area is 175 Å². The average Bonchev–Trinajstić information content (AvgIpc) is 2.57. The number of carboxylic acid groups (broad SMARTS) is 1. The third-order valence-corrected chi connectivity index (χ3v) is 5.50. The van der Waals surface area contributed by atoms with Crippen LogP contribution in [0.3, 0.4) is 0 Å². The number of rotatable bonds is 6. The summed E-state index contributed by atoms with van der Waals surface area (Å²) >= 11 is 3.95. The van der Waals surface area contributed by atoms with E-state index < -0.39 is 30.8 Å². The molecule has 0 spiro atoms. The Morgan fingerprint density at radius 2 is 1.85 bits per heavy atom. The maximum atomic E-state index is 12.9. The highest BCUT2D eigenvalue weighted by Gasteiger charge is 2.34. The number of aromatic hydroxyl groups is 1. The number of phenolic OH excluding ortho intramolecular Hbond substituents is 1. The zero-order chi connectivity index (χ0) is 19.5. The van der Waals surface area contributed by atoms with Crippen LogP contribution in [0.4, 0.5) is 8.78 Å². The van der Waals surface area contributed by atoms with Crippen LogP contribution < -0.4 is 5.11 Å². The Morgan fingerprint density at radius 1 is 1.23 bits per heavy atom. The lowest BCUT2D eigenvalue weighted by Crippen LogP contribution is -2.44. The van der Waals surface area contributed by atoms with Crippen molar-refractivity contribution in [2.45, 2.75) is 37.9 Å². The van der Waals surface area contributed by atoms with Gasteiger partial charge in [-0.15, -0.1) is 0 Å². The van der Waals surface area contributed by atoms with E-state index in [1.807, 2.05) is 45.2 Å². The molecule has 0 bridgehead atoms. The molecule has 1 aromatic carbocycles. The van der Waals surface area contributed by atoms with Crippen LogP contribution in [0.25, 0.3) is 0 Å². The van der Waals surface area contributed by atoms with Crippen molar-refractivity contribution in [1.29, 1.82) is 0 Å². The van der Waals surface area contributed by atoms with E-state index in [4.69, 9.17) is 4.74 Å². The molecule has 6 nitrogen and oxygen atoms in total. The monoisotopic (exact) mass is 595 g/mol. The number of phenols is 1. The molecule has 1 aliphatic rings. The maximum absolute atomic E-state index is 12.9. The van der Waals surface area contributed by atoms with Gasteiger partial charge in [-0.1, -0.05) is 0 Å². The maximum Gasteiger partial charge on any atom is 0.397 e. The lowest BCUT2D eigenvalue weighted by Gasteiger charge is -2.29. The number of carboxylic acids is 1. The zero-order valence-electron chi connectivity index (χ0n) is 13.3. The normalized spacial score (nSPS) is 20.6. The molecule has 0 heterocycles. The van der Waals surface area contributed by atoms with Gasteiger partial charge in [0.1, 0.15) is 23.4 Å². The summed E-state index contributed by atoms with van der Waals surface area (Å²) in [4.78, 5) is 22.5. The number of carbonyl (C=O) groups excluding carboxylic acids is 2. The predicted molar refractivity (Wildman–Crippen MR) is 101 cm³/mol. The molecule has 144 valence electrons. The van der Waals surface area contributed by atoms with Crippen molar-refractivity contribution in [2.75, 3.05) is 6.61 Å². The second kappa shape index (κ2) is 8.95. The summed E-state index contributed by atoms with van der Waals surface area (Å²) in [6.07, 6.45) is -2.90. The lowest BCUT2D eigenvalue weighted by atomic mass is 9.88. The molecule has 0 unspecified atom stereocenters. The molecule has 0 amide bonds. The Hall–Kier alpha value is -0.760. The van der Waals surface area contributed by atoms with Crippen LogP contribution in [0.15, 0.2) is 12.1 Å². The molecule has 0 aliphatic heterocycles. The number of hydrogen-bond acceptors (Lipinski definition) is 6. The van der Waals surface area contributed by atoms with Gasteiger partial charge in [-0.2, -0.15) is 8.78 Å². The minimum atomic E-state index is -4.30. The molecule has 0 aromatic heterocycles. The average molecular weight is 595 g/mol. The topological polar surface area (TPSA) is 95.9 Å². The van der Waals surface area contributed by atoms with Gasteiger partial charge in [-0.3, -0.25) is 0 Å². The summed E-state index contributed by atoms with van der Waals surface area (Å²) < 4.78 is 36.6. The lowest BCUT2D eigenvalue weighted by molar-refractivity contribution is -0.364. The van der Waals surface area contributed by atoms with Gasteiger partial charge in [0.05, 0.1) is 10.2 Å². The van der Waals surface area contributed by atoms with Gasteiger partial charge in [0.25, 0.3) is 0 Å². The van der Waals surface area contributed by atoms with Crippen LogP contribution >= 0.6 is 45.2 Å². The molecule has 1 aliphatic carbocycles. The first kappa shape index (κ1) is 21.5. The van der Waals surface area contributed by atoms with Crippen LogP contribution in [0, 0.1) is 13.1 Å². The predicted octanol–water partition coefficient (Wildman–Crippen LogP) is 2.68. The summed E-state index contributed by atoms with van der Waals surface area (Å²) in [6.45, 7) is -0.405. The molecule has 1 saturated carbocycles. The van der Waals surface area contributed by atoms with Crippen LogP contribution in [0.5, 0.6) is 5.75 Å². The third-order valence-electron chi connectivity index (χ3n) is 4.05. The van der Waals surface area contributed by atoms with E-state index in [0.29, 0.717) is 29.3 Å². The number of benzene rings is 1. The van der Waals surface area contributed by atoms with Crippen LogP contribution in [-0.4, -0.2) is 35.9 Å². The number of alkyl halides is 2. The third kappa shape index (κ3) is 5.62. The fourth-order valence-electron chi connectivity index (χ4n) is 2.63.